The van der Waals surface area contributed by atoms with E-state index in [1.54, 1.807) is 18.2 Å². The van der Waals surface area contributed by atoms with Crippen LogP contribution in [0.3, 0.4) is 0 Å². The van der Waals surface area contributed by atoms with Crippen molar-refractivity contribution >= 4 is 17.5 Å². The van der Waals surface area contributed by atoms with Crippen molar-refractivity contribution in [2.45, 2.75) is 0 Å². The monoisotopic (exact) mass is 144 g/mol. The van der Waals surface area contributed by atoms with Gasteiger partial charge in [0.2, 0.25) is 6.08 Å². The topological polar surface area (TPSA) is 33.8 Å². The maximum absolute atomic E-state index is 9.80. The highest BCUT2D eigenvalue weighted by molar-refractivity contribution is 5.57. The summed E-state index contributed by atoms with van der Waals surface area (Å²) in [6.45, 7) is 6.66. The Morgan fingerprint density at radius 2 is 2.36 bits per heavy atom. The molecule has 0 aliphatic heterocycles. The summed E-state index contributed by atoms with van der Waals surface area (Å²) < 4.78 is 0. The van der Waals surface area contributed by atoms with Crippen LogP contribution in [0.5, 0.6) is 0 Å². The molecule has 0 saturated carbocycles. The first kappa shape index (κ1) is 7.20. The second kappa shape index (κ2) is 3.31. The van der Waals surface area contributed by atoms with Crippen molar-refractivity contribution in [2.24, 2.45) is 4.99 Å². The van der Waals surface area contributed by atoms with Gasteiger partial charge in [0, 0.05) is 0 Å². The Bertz CT molecular complexity index is 345. The van der Waals surface area contributed by atoms with Crippen molar-refractivity contribution in [3.8, 4) is 0 Å². The van der Waals surface area contributed by atoms with Gasteiger partial charge in [0.25, 0.3) is 0 Å². The number of isocyanates is 1. The zero-order valence-electron chi connectivity index (χ0n) is 5.61. The van der Waals surface area contributed by atoms with Crippen molar-refractivity contribution in [3.05, 3.63) is 35.7 Å². The summed E-state index contributed by atoms with van der Waals surface area (Å²) in [7, 11) is 0. The first-order valence-electron chi connectivity index (χ1n) is 2.92. The quantitative estimate of drug-likeness (QED) is 0.338. The lowest BCUT2D eigenvalue weighted by molar-refractivity contribution is 0.565. The van der Waals surface area contributed by atoms with E-state index >= 15 is 0 Å². The molecule has 0 bridgehead atoms. The van der Waals surface area contributed by atoms with Gasteiger partial charge >= 0.3 is 0 Å². The Kier molecular flexibility index (Phi) is 2.16. The first-order chi connectivity index (χ1) is 5.36. The lowest BCUT2D eigenvalue weighted by atomic mass is 10.3. The minimum Gasteiger partial charge on any atom is -0.238 e. The first-order valence-corrected chi connectivity index (χ1v) is 2.92. The maximum atomic E-state index is 9.80. The number of hydrogen-bond acceptors (Lipinski definition) is 2. The summed E-state index contributed by atoms with van der Waals surface area (Å²) in [4.78, 5) is 16.3. The summed E-state index contributed by atoms with van der Waals surface area (Å²) in [6, 6.07) is 6.48. The van der Waals surface area contributed by atoms with Gasteiger partial charge in [-0.2, -0.15) is 4.99 Å². The molecule has 52 valence electrons. The molecular formula is C8H4N2O. The van der Waals surface area contributed by atoms with Gasteiger partial charge < -0.3 is 0 Å². The van der Waals surface area contributed by atoms with E-state index in [4.69, 9.17) is 6.57 Å². The third-order valence-electron chi connectivity index (χ3n) is 1.13. The third kappa shape index (κ3) is 1.75. The zero-order valence-corrected chi connectivity index (χ0v) is 5.61. The van der Waals surface area contributed by atoms with Crippen LogP contribution in [-0.2, 0) is 4.79 Å². The van der Waals surface area contributed by atoms with Crippen LogP contribution in [0, 0.1) is 6.57 Å². The molecule has 0 aliphatic carbocycles. The molecule has 0 amide bonds. The smallest absolute Gasteiger partial charge is 0.238 e. The Morgan fingerprint density at radius 1 is 1.55 bits per heavy atom. The van der Waals surface area contributed by atoms with E-state index in [0.29, 0.717) is 11.4 Å². The Balaban J connectivity index is 3.12. The molecule has 0 saturated heterocycles. The standard InChI is InChI=1S/C8H4N2O/c1-9-7-3-2-4-8(5-7)10-6-11/h2-5H. The van der Waals surface area contributed by atoms with Crippen LogP contribution in [-0.4, -0.2) is 6.08 Å². The number of aliphatic imine (C=N–C) groups is 1. The van der Waals surface area contributed by atoms with Crippen molar-refractivity contribution in [2.75, 3.05) is 0 Å². The van der Waals surface area contributed by atoms with Gasteiger partial charge in [0.05, 0.1) is 12.3 Å². The molecule has 3 heteroatoms. The zero-order chi connectivity index (χ0) is 8.10. The van der Waals surface area contributed by atoms with Crippen LogP contribution >= 0.6 is 0 Å². The van der Waals surface area contributed by atoms with E-state index in [0.717, 1.165) is 0 Å². The Labute approximate surface area is 63.8 Å². The maximum Gasteiger partial charge on any atom is 0.240 e. The van der Waals surface area contributed by atoms with Crippen molar-refractivity contribution in [3.63, 3.8) is 0 Å². The van der Waals surface area contributed by atoms with Gasteiger partial charge in [-0.25, -0.2) is 9.64 Å². The Hall–Kier alpha value is -1.91. The van der Waals surface area contributed by atoms with E-state index < -0.39 is 0 Å². The number of carbonyl (C=O) groups excluding carboxylic acids is 1. The SMILES string of the molecule is [C-]#[N+]c1cccc(N=C=O)c1. The van der Waals surface area contributed by atoms with Crippen molar-refractivity contribution in [1.29, 1.82) is 0 Å². The molecule has 0 spiro atoms. The predicted octanol–water partition coefficient (Wildman–Crippen LogP) is 2.20. The molecule has 0 fully saturated rings. The highest BCUT2D eigenvalue weighted by Gasteiger charge is 1.90. The van der Waals surface area contributed by atoms with Gasteiger partial charge in [-0.05, 0) is 12.1 Å². The van der Waals surface area contributed by atoms with Crippen LogP contribution < -0.4 is 0 Å². The average molecular weight is 144 g/mol. The van der Waals surface area contributed by atoms with E-state index in [2.05, 4.69) is 9.84 Å². The average Bonchev–Trinajstić information content (AvgIpc) is 2.06. The van der Waals surface area contributed by atoms with Gasteiger partial charge in [0.1, 0.15) is 0 Å². The fraction of sp³-hybridized carbons (Fsp3) is 0. The van der Waals surface area contributed by atoms with Crippen LogP contribution in [0.1, 0.15) is 0 Å². The summed E-state index contributed by atoms with van der Waals surface area (Å²) in [5.74, 6) is 0. The molecule has 0 heterocycles. The molecule has 0 aliphatic rings. The third-order valence-corrected chi connectivity index (χ3v) is 1.13. The van der Waals surface area contributed by atoms with Crippen LogP contribution in [0.2, 0.25) is 0 Å². The predicted molar refractivity (Wildman–Crippen MR) is 40.5 cm³/mol. The van der Waals surface area contributed by atoms with Crippen LogP contribution in [0.15, 0.2) is 29.3 Å². The van der Waals surface area contributed by atoms with E-state index in [1.807, 2.05) is 0 Å². The van der Waals surface area contributed by atoms with Gasteiger partial charge in [-0.3, -0.25) is 0 Å². The van der Waals surface area contributed by atoms with Gasteiger partial charge in [-0.1, -0.05) is 12.1 Å². The molecule has 0 unspecified atom stereocenters. The summed E-state index contributed by atoms with van der Waals surface area (Å²) in [5, 5.41) is 0. The number of nitrogens with zero attached hydrogens (tertiary/aromatic N) is 2. The largest absolute Gasteiger partial charge is 0.240 e. The lowest BCUT2D eigenvalue weighted by Crippen LogP contribution is -1.62. The van der Waals surface area contributed by atoms with Crippen molar-refractivity contribution in [1.82, 2.24) is 0 Å². The summed E-state index contributed by atoms with van der Waals surface area (Å²) in [6.07, 6.45) is 1.41. The summed E-state index contributed by atoms with van der Waals surface area (Å²) in [5.41, 5.74) is 0.940. The van der Waals surface area contributed by atoms with Crippen LogP contribution in [0.25, 0.3) is 4.85 Å². The molecule has 1 rings (SSSR count). The molecule has 1 aromatic carbocycles. The normalized spacial score (nSPS) is 7.91. The summed E-state index contributed by atoms with van der Waals surface area (Å²) >= 11 is 0. The Morgan fingerprint density at radius 3 is 3.00 bits per heavy atom. The molecule has 0 atom stereocenters. The fourth-order valence-electron chi connectivity index (χ4n) is 0.685. The number of hydrogen-bond donors (Lipinski definition) is 0. The lowest BCUT2D eigenvalue weighted by Gasteiger charge is -1.88. The molecular weight excluding hydrogens is 140 g/mol. The van der Waals surface area contributed by atoms with Gasteiger partial charge in [0.15, 0.2) is 5.69 Å². The second-order valence-electron chi connectivity index (χ2n) is 1.83. The highest BCUT2D eigenvalue weighted by Crippen LogP contribution is 2.19. The van der Waals surface area contributed by atoms with E-state index in [-0.39, 0.29) is 0 Å². The van der Waals surface area contributed by atoms with Gasteiger partial charge in [-0.15, -0.1) is 0 Å². The van der Waals surface area contributed by atoms with E-state index in [9.17, 15) is 4.79 Å². The molecule has 11 heavy (non-hydrogen) atoms. The van der Waals surface area contributed by atoms with Crippen molar-refractivity contribution < 1.29 is 4.79 Å². The molecule has 3 nitrogen and oxygen atoms in total. The minimum absolute atomic E-state index is 0.466. The second-order valence-corrected chi connectivity index (χ2v) is 1.83. The number of rotatable bonds is 1. The molecule has 0 aromatic heterocycles. The van der Waals surface area contributed by atoms with E-state index in [1.165, 1.54) is 12.1 Å². The van der Waals surface area contributed by atoms with Crippen LogP contribution in [0.4, 0.5) is 11.4 Å². The minimum atomic E-state index is 0.466. The molecule has 0 N–H and O–H groups in total. The molecule has 1 aromatic rings. The number of benzene rings is 1. The molecule has 0 radical (unpaired) electrons. The highest BCUT2D eigenvalue weighted by atomic mass is 16.1. The fourth-order valence-corrected chi connectivity index (χ4v) is 0.685.